The van der Waals surface area contributed by atoms with Gasteiger partial charge in [-0.2, -0.15) is 5.10 Å². The van der Waals surface area contributed by atoms with Gasteiger partial charge in [0.1, 0.15) is 11.4 Å². The second kappa shape index (κ2) is 5.51. The predicted molar refractivity (Wildman–Crippen MR) is 69.9 cm³/mol. The number of nitrogens with one attached hydrogen (secondary N) is 1. The molecule has 6 heteroatoms. The van der Waals surface area contributed by atoms with Gasteiger partial charge in [0.25, 0.3) is 5.91 Å². The molecule has 2 heterocycles. The topological polar surface area (TPSA) is 80.0 Å². The lowest BCUT2D eigenvalue weighted by atomic mass is 10.3. The second-order valence-corrected chi connectivity index (χ2v) is 4.46. The molecule has 0 bridgehead atoms. The first kappa shape index (κ1) is 13.1. The third kappa shape index (κ3) is 3.31. The van der Waals surface area contributed by atoms with Crippen LogP contribution in [-0.4, -0.2) is 32.3 Å². The lowest BCUT2D eigenvalue weighted by Crippen LogP contribution is -2.30. The Labute approximate surface area is 111 Å². The number of nitrogens with zero attached hydrogens (tertiary/aromatic N) is 3. The first-order chi connectivity index (χ1) is 9.06. The predicted octanol–water partition coefficient (Wildman–Crippen LogP) is 1.28. The van der Waals surface area contributed by atoms with Crippen LogP contribution in [0.2, 0.25) is 0 Å². The van der Waals surface area contributed by atoms with Crippen LogP contribution in [0.25, 0.3) is 0 Å². The van der Waals surface area contributed by atoms with E-state index in [9.17, 15) is 4.79 Å². The molecule has 2 rings (SSSR count). The van der Waals surface area contributed by atoms with Crippen molar-refractivity contribution in [2.45, 2.75) is 19.9 Å². The highest BCUT2D eigenvalue weighted by Gasteiger charge is 2.10. The van der Waals surface area contributed by atoms with Crippen molar-refractivity contribution in [2.24, 2.45) is 0 Å². The van der Waals surface area contributed by atoms with Gasteiger partial charge in [0, 0.05) is 12.7 Å². The maximum Gasteiger partial charge on any atom is 0.269 e. The number of hydrogen-bond donors (Lipinski definition) is 2. The first-order valence-electron chi connectivity index (χ1n) is 6.00. The number of carbonyl (C=O) groups is 1. The molecule has 2 N–H and O–H groups in total. The lowest BCUT2D eigenvalue weighted by Gasteiger charge is -2.13. The molecule has 0 saturated heterocycles. The highest BCUT2D eigenvalue weighted by molar-refractivity contribution is 5.92. The number of aromatic hydroxyl groups is 1. The molecular weight excluding hydrogens is 244 g/mol. The summed E-state index contributed by atoms with van der Waals surface area (Å²) in [5.74, 6) is -0.229. The van der Waals surface area contributed by atoms with Crippen LogP contribution in [0.5, 0.6) is 5.75 Å². The van der Waals surface area contributed by atoms with Crippen LogP contribution in [0.4, 0.5) is 0 Å². The van der Waals surface area contributed by atoms with E-state index in [0.29, 0.717) is 6.54 Å². The molecule has 0 aromatic carbocycles. The Morgan fingerprint density at radius 1 is 1.47 bits per heavy atom. The Kier molecular flexibility index (Phi) is 3.79. The molecule has 0 spiro atoms. The Balaban J connectivity index is 1.91. The maximum atomic E-state index is 11.8. The molecule has 0 radical (unpaired) electrons. The summed E-state index contributed by atoms with van der Waals surface area (Å²) in [6.45, 7) is 4.40. The molecule has 0 aliphatic heterocycles. The minimum Gasteiger partial charge on any atom is -0.506 e. The number of hydrogen-bond acceptors (Lipinski definition) is 4. The van der Waals surface area contributed by atoms with Gasteiger partial charge in [-0.25, -0.2) is 4.98 Å². The number of aromatic nitrogens is 3. The van der Waals surface area contributed by atoms with Crippen LogP contribution in [0.1, 0.15) is 29.0 Å². The van der Waals surface area contributed by atoms with Crippen LogP contribution < -0.4 is 5.32 Å². The van der Waals surface area contributed by atoms with Gasteiger partial charge in [-0.1, -0.05) is 0 Å². The largest absolute Gasteiger partial charge is 0.506 e. The Bertz CT molecular complexity index is 562. The van der Waals surface area contributed by atoms with Gasteiger partial charge in [0.05, 0.1) is 18.4 Å². The minimum atomic E-state index is -0.268. The van der Waals surface area contributed by atoms with Gasteiger partial charge in [-0.15, -0.1) is 0 Å². The molecule has 2 aromatic heterocycles. The van der Waals surface area contributed by atoms with E-state index >= 15 is 0 Å². The van der Waals surface area contributed by atoms with Gasteiger partial charge in [-0.3, -0.25) is 9.48 Å². The van der Waals surface area contributed by atoms with E-state index in [1.807, 2.05) is 20.0 Å². The summed E-state index contributed by atoms with van der Waals surface area (Å²) in [5, 5.41) is 16.1. The van der Waals surface area contributed by atoms with E-state index in [-0.39, 0.29) is 23.4 Å². The standard InChI is InChI=1S/C13H16N4O2/c1-9-5-16-17(8-9)10(2)6-15-13(19)12-4-3-11(18)7-14-12/h3-5,7-8,10,18H,6H2,1-2H3,(H,15,19). The van der Waals surface area contributed by atoms with Gasteiger partial charge < -0.3 is 10.4 Å². The van der Waals surface area contributed by atoms with Crippen LogP contribution in [0, 0.1) is 6.92 Å². The van der Waals surface area contributed by atoms with Crippen LogP contribution in [-0.2, 0) is 0 Å². The molecule has 0 saturated carbocycles. The molecular formula is C13H16N4O2. The zero-order chi connectivity index (χ0) is 13.8. The molecule has 6 nitrogen and oxygen atoms in total. The summed E-state index contributed by atoms with van der Waals surface area (Å²) in [5.41, 5.74) is 1.36. The fourth-order valence-corrected chi connectivity index (χ4v) is 1.62. The average molecular weight is 260 g/mol. The lowest BCUT2D eigenvalue weighted by molar-refractivity contribution is 0.0943. The molecule has 1 amide bonds. The summed E-state index contributed by atoms with van der Waals surface area (Å²) in [7, 11) is 0. The molecule has 1 unspecified atom stereocenters. The summed E-state index contributed by atoms with van der Waals surface area (Å²) in [6.07, 6.45) is 4.95. The van der Waals surface area contributed by atoms with E-state index in [1.54, 1.807) is 10.9 Å². The van der Waals surface area contributed by atoms with E-state index in [0.717, 1.165) is 5.56 Å². The van der Waals surface area contributed by atoms with Crippen LogP contribution in [0.3, 0.4) is 0 Å². The van der Waals surface area contributed by atoms with Crippen molar-refractivity contribution in [2.75, 3.05) is 6.54 Å². The molecule has 0 fully saturated rings. The summed E-state index contributed by atoms with van der Waals surface area (Å²) >= 11 is 0. The van der Waals surface area contributed by atoms with Gasteiger partial charge in [0.2, 0.25) is 0 Å². The quantitative estimate of drug-likeness (QED) is 0.868. The van der Waals surface area contributed by atoms with E-state index in [2.05, 4.69) is 15.4 Å². The first-order valence-corrected chi connectivity index (χ1v) is 6.00. The third-order valence-electron chi connectivity index (χ3n) is 2.72. The molecule has 0 aliphatic carbocycles. The minimum absolute atomic E-state index is 0.0388. The van der Waals surface area contributed by atoms with Crippen LogP contribution >= 0.6 is 0 Å². The Morgan fingerprint density at radius 2 is 2.26 bits per heavy atom. The summed E-state index contributed by atoms with van der Waals surface area (Å²) in [4.78, 5) is 15.7. The van der Waals surface area contributed by atoms with E-state index < -0.39 is 0 Å². The van der Waals surface area contributed by atoms with Crippen molar-refractivity contribution in [1.82, 2.24) is 20.1 Å². The van der Waals surface area contributed by atoms with Crippen molar-refractivity contribution >= 4 is 5.91 Å². The summed E-state index contributed by atoms with van der Waals surface area (Å²) in [6, 6.07) is 2.98. The number of carbonyl (C=O) groups excluding carboxylic acids is 1. The van der Waals surface area contributed by atoms with Crippen molar-refractivity contribution in [1.29, 1.82) is 0 Å². The third-order valence-corrected chi connectivity index (χ3v) is 2.72. The smallest absolute Gasteiger partial charge is 0.269 e. The highest BCUT2D eigenvalue weighted by Crippen LogP contribution is 2.07. The number of rotatable bonds is 4. The van der Waals surface area contributed by atoms with Gasteiger partial charge in [-0.05, 0) is 31.5 Å². The number of aryl methyl sites for hydroxylation is 1. The second-order valence-electron chi connectivity index (χ2n) is 4.46. The van der Waals surface area contributed by atoms with Crippen molar-refractivity contribution < 1.29 is 9.90 Å². The number of pyridine rings is 1. The maximum absolute atomic E-state index is 11.8. The van der Waals surface area contributed by atoms with Gasteiger partial charge in [0.15, 0.2) is 0 Å². The zero-order valence-corrected chi connectivity index (χ0v) is 10.9. The van der Waals surface area contributed by atoms with Crippen molar-refractivity contribution in [3.05, 3.63) is 42.0 Å². The number of amides is 1. The van der Waals surface area contributed by atoms with Crippen molar-refractivity contribution in [3.8, 4) is 5.75 Å². The van der Waals surface area contributed by atoms with Crippen molar-refractivity contribution in [3.63, 3.8) is 0 Å². The molecule has 1 atom stereocenters. The SMILES string of the molecule is Cc1cnn(C(C)CNC(=O)c2ccc(O)cn2)c1. The highest BCUT2D eigenvalue weighted by atomic mass is 16.3. The molecule has 19 heavy (non-hydrogen) atoms. The fraction of sp³-hybridized carbons (Fsp3) is 0.308. The molecule has 100 valence electrons. The normalized spacial score (nSPS) is 12.1. The Hall–Kier alpha value is -2.37. The average Bonchev–Trinajstić information content (AvgIpc) is 2.83. The molecule has 2 aromatic rings. The van der Waals surface area contributed by atoms with E-state index in [4.69, 9.17) is 5.11 Å². The van der Waals surface area contributed by atoms with Gasteiger partial charge >= 0.3 is 0 Å². The Morgan fingerprint density at radius 3 is 2.84 bits per heavy atom. The molecule has 0 aliphatic rings. The summed E-state index contributed by atoms with van der Waals surface area (Å²) < 4.78 is 1.81. The zero-order valence-electron chi connectivity index (χ0n) is 10.9. The monoisotopic (exact) mass is 260 g/mol. The van der Waals surface area contributed by atoms with E-state index in [1.165, 1.54) is 18.3 Å². The van der Waals surface area contributed by atoms with Crippen LogP contribution in [0.15, 0.2) is 30.7 Å². The fourth-order valence-electron chi connectivity index (χ4n) is 1.62.